The second-order valence-corrected chi connectivity index (χ2v) is 7.96. The number of nitrogens with one attached hydrogen (secondary N) is 2. The van der Waals surface area contributed by atoms with Gasteiger partial charge in [0, 0.05) is 35.8 Å². The Balaban J connectivity index is 1.50. The Kier molecular flexibility index (Phi) is 5.38. The lowest BCUT2D eigenvalue weighted by Crippen LogP contribution is -2.18. The van der Waals surface area contributed by atoms with Crippen molar-refractivity contribution in [2.24, 2.45) is 5.92 Å². The maximum Gasteiger partial charge on any atom is 0.167 e. The van der Waals surface area contributed by atoms with E-state index < -0.39 is 0 Å². The normalized spacial score (nSPS) is 15.7. The Morgan fingerprint density at radius 2 is 1.72 bits per heavy atom. The van der Waals surface area contributed by atoms with Gasteiger partial charge >= 0.3 is 0 Å². The van der Waals surface area contributed by atoms with E-state index in [1.165, 1.54) is 12.1 Å². The van der Waals surface area contributed by atoms with Gasteiger partial charge in [0.15, 0.2) is 5.78 Å². The molecular formula is C27H22FN3O. The number of hydrogen-bond donors (Lipinski definition) is 2. The largest absolute Gasteiger partial charge is 0.356 e. The minimum absolute atomic E-state index is 0.0774. The highest BCUT2D eigenvalue weighted by Gasteiger charge is 2.30. The van der Waals surface area contributed by atoms with Gasteiger partial charge in [-0.1, -0.05) is 42.5 Å². The molecule has 0 fully saturated rings. The minimum Gasteiger partial charge on any atom is -0.356 e. The van der Waals surface area contributed by atoms with Gasteiger partial charge in [0.25, 0.3) is 0 Å². The Morgan fingerprint density at radius 1 is 0.969 bits per heavy atom. The lowest BCUT2D eigenvalue weighted by molar-refractivity contribution is 0.0960. The quantitative estimate of drug-likeness (QED) is 0.389. The summed E-state index contributed by atoms with van der Waals surface area (Å²) >= 11 is 0. The Hall–Kier alpha value is -3.99. The molecule has 2 N–H and O–H groups in total. The zero-order chi connectivity index (χ0) is 21.9. The first-order valence-corrected chi connectivity index (χ1v) is 10.6. The number of pyridine rings is 1. The van der Waals surface area contributed by atoms with Crippen LogP contribution in [-0.4, -0.2) is 15.8 Å². The number of halogens is 1. The highest BCUT2D eigenvalue weighted by atomic mass is 19.1. The van der Waals surface area contributed by atoms with Crippen LogP contribution in [0.15, 0.2) is 85.2 Å². The molecule has 1 atom stereocenters. The number of nitrogens with zero attached hydrogens (tertiary/aromatic N) is 1. The van der Waals surface area contributed by atoms with Crippen LogP contribution in [0, 0.1) is 11.7 Å². The molecule has 1 unspecified atom stereocenters. The molecule has 0 spiro atoms. The topological polar surface area (TPSA) is 57.8 Å². The number of allylic oxidation sites excluding steroid dienone is 1. The fourth-order valence-corrected chi connectivity index (χ4v) is 4.17. The Bertz CT molecular complexity index is 1260. The number of H-pyrrole nitrogens is 1. The van der Waals surface area contributed by atoms with E-state index in [4.69, 9.17) is 0 Å². The summed E-state index contributed by atoms with van der Waals surface area (Å²) in [5, 5.41) is 3.46. The van der Waals surface area contributed by atoms with E-state index in [2.05, 4.69) is 15.3 Å². The summed E-state index contributed by atoms with van der Waals surface area (Å²) in [7, 11) is 0. The number of carbonyl (C=O) groups is 1. The third-order valence-electron chi connectivity index (χ3n) is 5.71. The number of benzene rings is 2. The minimum atomic E-state index is -0.256. The molecule has 0 radical (unpaired) electrons. The van der Waals surface area contributed by atoms with E-state index in [0.717, 1.165) is 45.9 Å². The van der Waals surface area contributed by atoms with Gasteiger partial charge in [0.05, 0.1) is 16.9 Å². The molecule has 5 rings (SSSR count). The molecule has 4 nitrogen and oxygen atoms in total. The van der Waals surface area contributed by atoms with Crippen LogP contribution in [0.25, 0.3) is 17.3 Å². The number of fused-ring (bicyclic) bond motifs is 1. The number of rotatable bonds is 5. The molecule has 0 saturated heterocycles. The SMILES string of the molecule is O=C1CC(/C=C\c2ccc(F)cc2)Cc2[nH]c(-c3ccncc3)c(Nc3ccccc3)c21. The molecule has 158 valence electrons. The molecule has 5 heteroatoms. The summed E-state index contributed by atoms with van der Waals surface area (Å²) in [6.07, 6.45) is 8.66. The van der Waals surface area contributed by atoms with Crippen LogP contribution in [0.5, 0.6) is 0 Å². The van der Waals surface area contributed by atoms with Crippen molar-refractivity contribution in [2.75, 3.05) is 5.32 Å². The van der Waals surface area contributed by atoms with E-state index in [-0.39, 0.29) is 17.5 Å². The van der Waals surface area contributed by atoms with Gasteiger partial charge < -0.3 is 10.3 Å². The van der Waals surface area contributed by atoms with Gasteiger partial charge in [-0.25, -0.2) is 4.39 Å². The van der Waals surface area contributed by atoms with Crippen LogP contribution in [-0.2, 0) is 6.42 Å². The van der Waals surface area contributed by atoms with Crippen LogP contribution in [0.4, 0.5) is 15.8 Å². The van der Waals surface area contributed by atoms with Crippen molar-refractivity contribution in [1.82, 2.24) is 9.97 Å². The summed E-state index contributed by atoms with van der Waals surface area (Å²) in [5.41, 5.74) is 6.17. The highest BCUT2D eigenvalue weighted by Crippen LogP contribution is 2.40. The average molecular weight is 423 g/mol. The van der Waals surface area contributed by atoms with Crippen LogP contribution in [0.3, 0.4) is 0 Å². The van der Waals surface area contributed by atoms with Crippen molar-refractivity contribution < 1.29 is 9.18 Å². The zero-order valence-corrected chi connectivity index (χ0v) is 17.4. The summed E-state index contributed by atoms with van der Waals surface area (Å²) in [6, 6.07) is 20.1. The molecule has 0 aliphatic heterocycles. The van der Waals surface area contributed by atoms with Gasteiger partial charge in [-0.05, 0) is 54.3 Å². The van der Waals surface area contributed by atoms with Crippen molar-refractivity contribution in [3.8, 4) is 11.3 Å². The Labute approximate surface area is 185 Å². The molecule has 2 aromatic heterocycles. The predicted octanol–water partition coefficient (Wildman–Crippen LogP) is 6.42. The zero-order valence-electron chi connectivity index (χ0n) is 17.4. The van der Waals surface area contributed by atoms with Gasteiger partial charge in [-0.15, -0.1) is 0 Å². The first-order valence-electron chi connectivity index (χ1n) is 10.6. The molecule has 1 aliphatic rings. The number of hydrogen-bond acceptors (Lipinski definition) is 3. The summed E-state index contributed by atoms with van der Waals surface area (Å²) < 4.78 is 13.2. The second-order valence-electron chi connectivity index (χ2n) is 7.96. The third kappa shape index (κ3) is 4.10. The van der Waals surface area contributed by atoms with E-state index in [0.29, 0.717) is 6.42 Å². The summed E-state index contributed by atoms with van der Waals surface area (Å²) in [5.74, 6) is -0.0725. The van der Waals surface area contributed by atoms with E-state index >= 15 is 0 Å². The molecule has 2 aromatic carbocycles. The molecule has 1 aliphatic carbocycles. The number of para-hydroxylation sites is 1. The van der Waals surface area contributed by atoms with Crippen LogP contribution in [0.1, 0.15) is 28.0 Å². The number of aromatic amines is 1. The number of anilines is 2. The first kappa shape index (κ1) is 19.9. The fraction of sp³-hybridized carbons (Fsp3) is 0.111. The van der Waals surface area contributed by atoms with Gasteiger partial charge in [0.2, 0.25) is 0 Å². The molecular weight excluding hydrogens is 401 g/mol. The molecule has 32 heavy (non-hydrogen) atoms. The lowest BCUT2D eigenvalue weighted by atomic mass is 9.85. The smallest absolute Gasteiger partial charge is 0.167 e. The van der Waals surface area contributed by atoms with Crippen LogP contribution in [0.2, 0.25) is 0 Å². The molecule has 4 aromatic rings. The molecule has 0 bridgehead atoms. The van der Waals surface area contributed by atoms with Gasteiger partial charge in [-0.2, -0.15) is 0 Å². The highest BCUT2D eigenvalue weighted by molar-refractivity contribution is 6.07. The molecule has 0 amide bonds. The summed E-state index contributed by atoms with van der Waals surface area (Å²) in [4.78, 5) is 20.9. The molecule has 2 heterocycles. The van der Waals surface area contributed by atoms with Crippen molar-refractivity contribution in [3.63, 3.8) is 0 Å². The van der Waals surface area contributed by atoms with Crippen LogP contribution < -0.4 is 5.32 Å². The van der Waals surface area contributed by atoms with Crippen molar-refractivity contribution in [3.05, 3.63) is 108 Å². The average Bonchev–Trinajstić information content (AvgIpc) is 3.18. The maximum absolute atomic E-state index is 13.3. The van der Waals surface area contributed by atoms with Gasteiger partial charge in [-0.3, -0.25) is 9.78 Å². The lowest BCUT2D eigenvalue weighted by Gasteiger charge is -2.19. The number of Topliss-reactive ketones (excluding diaryl/α,β-unsaturated/α-hetero) is 1. The van der Waals surface area contributed by atoms with Crippen molar-refractivity contribution in [2.45, 2.75) is 12.8 Å². The fourth-order valence-electron chi connectivity index (χ4n) is 4.17. The van der Waals surface area contributed by atoms with Crippen LogP contribution >= 0.6 is 0 Å². The molecule has 0 saturated carbocycles. The third-order valence-corrected chi connectivity index (χ3v) is 5.71. The Morgan fingerprint density at radius 3 is 2.47 bits per heavy atom. The number of ketones is 1. The number of aromatic nitrogens is 2. The monoisotopic (exact) mass is 423 g/mol. The maximum atomic E-state index is 13.3. The van der Waals surface area contributed by atoms with Crippen molar-refractivity contribution in [1.29, 1.82) is 0 Å². The first-order chi connectivity index (χ1) is 15.7. The van der Waals surface area contributed by atoms with E-state index in [9.17, 15) is 9.18 Å². The number of carbonyl (C=O) groups excluding carboxylic acids is 1. The van der Waals surface area contributed by atoms with Gasteiger partial charge in [0.1, 0.15) is 5.82 Å². The van der Waals surface area contributed by atoms with E-state index in [1.807, 2.05) is 54.6 Å². The second kappa shape index (κ2) is 8.63. The predicted molar refractivity (Wildman–Crippen MR) is 125 cm³/mol. The summed E-state index contributed by atoms with van der Waals surface area (Å²) in [6.45, 7) is 0. The standard InChI is InChI=1S/C27H22FN3O/c28-21-10-8-18(9-11-21)6-7-19-16-23-25(24(32)17-19)27(30-22-4-2-1-3-5-22)26(31-23)20-12-14-29-15-13-20/h1-15,19,30-31H,16-17H2/b7-6-. The van der Waals surface area contributed by atoms with E-state index in [1.54, 1.807) is 24.5 Å². The van der Waals surface area contributed by atoms with Crippen molar-refractivity contribution >= 4 is 23.2 Å².